The van der Waals surface area contributed by atoms with Gasteiger partial charge in [0.25, 0.3) is 0 Å². The zero-order valence-corrected chi connectivity index (χ0v) is 12.5. The van der Waals surface area contributed by atoms with Crippen molar-refractivity contribution in [2.24, 2.45) is 5.92 Å². The number of imidazole rings is 1. The summed E-state index contributed by atoms with van der Waals surface area (Å²) in [4.78, 5) is 16.1. The molecule has 1 heterocycles. The highest BCUT2D eigenvalue weighted by Gasteiger charge is 2.20. The van der Waals surface area contributed by atoms with Crippen LogP contribution in [0.3, 0.4) is 0 Å². The highest BCUT2D eigenvalue weighted by atomic mass is 19.2. The number of rotatable bonds is 3. The van der Waals surface area contributed by atoms with Gasteiger partial charge in [-0.1, -0.05) is 6.92 Å². The van der Waals surface area contributed by atoms with Gasteiger partial charge in [-0.15, -0.1) is 0 Å². The Morgan fingerprint density at radius 3 is 2.68 bits per heavy atom. The van der Waals surface area contributed by atoms with E-state index in [1.807, 2.05) is 0 Å². The van der Waals surface area contributed by atoms with Crippen LogP contribution in [-0.4, -0.2) is 21.5 Å². The number of hydrogen-bond acceptors (Lipinski definition) is 2. The number of nitrogens with zero attached hydrogens (tertiary/aromatic N) is 2. The Labute approximate surface area is 127 Å². The maximum Gasteiger partial charge on any atom is 0.240 e. The van der Waals surface area contributed by atoms with E-state index in [0.717, 1.165) is 43.7 Å². The number of carbonyl (C=O) groups excluding carboxylic acids is 1. The number of fused-ring (bicyclic) bond motifs is 1. The molecule has 1 aliphatic rings. The summed E-state index contributed by atoms with van der Waals surface area (Å²) in [7, 11) is 0. The van der Waals surface area contributed by atoms with E-state index in [1.165, 1.54) is 6.33 Å². The van der Waals surface area contributed by atoms with Gasteiger partial charge in [0.1, 0.15) is 6.54 Å². The molecule has 22 heavy (non-hydrogen) atoms. The lowest BCUT2D eigenvalue weighted by molar-refractivity contribution is -0.122. The van der Waals surface area contributed by atoms with Crippen molar-refractivity contribution in [3.8, 4) is 0 Å². The fourth-order valence-corrected chi connectivity index (χ4v) is 3.01. The van der Waals surface area contributed by atoms with Crippen LogP contribution in [0.25, 0.3) is 11.0 Å². The van der Waals surface area contributed by atoms with Crippen LogP contribution >= 0.6 is 0 Å². The highest BCUT2D eigenvalue weighted by Crippen LogP contribution is 2.23. The van der Waals surface area contributed by atoms with Gasteiger partial charge in [-0.3, -0.25) is 4.79 Å². The zero-order valence-electron chi connectivity index (χ0n) is 12.5. The molecule has 2 aromatic rings. The monoisotopic (exact) mass is 307 g/mol. The first kappa shape index (κ1) is 14.9. The van der Waals surface area contributed by atoms with Crippen molar-refractivity contribution in [2.45, 2.75) is 45.2 Å². The summed E-state index contributed by atoms with van der Waals surface area (Å²) in [5, 5.41) is 3.01. The second-order valence-electron chi connectivity index (χ2n) is 6.15. The van der Waals surface area contributed by atoms with Crippen LogP contribution < -0.4 is 5.32 Å². The van der Waals surface area contributed by atoms with Crippen molar-refractivity contribution in [3.05, 3.63) is 30.1 Å². The third-order valence-corrected chi connectivity index (χ3v) is 4.36. The quantitative estimate of drug-likeness (QED) is 0.947. The number of nitrogens with one attached hydrogen (secondary N) is 1. The van der Waals surface area contributed by atoms with E-state index in [-0.39, 0.29) is 18.5 Å². The average Bonchev–Trinajstić information content (AvgIpc) is 2.84. The second-order valence-corrected chi connectivity index (χ2v) is 6.15. The van der Waals surface area contributed by atoms with Gasteiger partial charge >= 0.3 is 0 Å². The van der Waals surface area contributed by atoms with Crippen LogP contribution in [0.2, 0.25) is 0 Å². The van der Waals surface area contributed by atoms with E-state index < -0.39 is 11.6 Å². The molecule has 1 aliphatic carbocycles. The van der Waals surface area contributed by atoms with E-state index in [1.54, 1.807) is 4.57 Å². The predicted octanol–water partition coefficient (Wildman–Crippen LogP) is 3.01. The van der Waals surface area contributed by atoms with Crippen LogP contribution in [0.1, 0.15) is 32.6 Å². The van der Waals surface area contributed by atoms with Crippen molar-refractivity contribution in [2.75, 3.05) is 0 Å². The van der Waals surface area contributed by atoms with Gasteiger partial charge in [-0.2, -0.15) is 0 Å². The Balaban J connectivity index is 1.68. The Morgan fingerprint density at radius 2 is 1.95 bits per heavy atom. The minimum atomic E-state index is -0.934. The third kappa shape index (κ3) is 3.10. The van der Waals surface area contributed by atoms with E-state index in [9.17, 15) is 13.6 Å². The topological polar surface area (TPSA) is 46.9 Å². The molecule has 6 heteroatoms. The molecule has 0 saturated heterocycles. The van der Waals surface area contributed by atoms with Crippen LogP contribution in [0, 0.1) is 17.6 Å². The van der Waals surface area contributed by atoms with E-state index in [0.29, 0.717) is 11.0 Å². The third-order valence-electron chi connectivity index (χ3n) is 4.36. The van der Waals surface area contributed by atoms with Crippen LogP contribution in [0.4, 0.5) is 8.78 Å². The summed E-state index contributed by atoms with van der Waals surface area (Å²) in [5.41, 5.74) is 0.768. The van der Waals surface area contributed by atoms with Crippen molar-refractivity contribution in [1.29, 1.82) is 0 Å². The summed E-state index contributed by atoms with van der Waals surface area (Å²) >= 11 is 0. The number of carbonyl (C=O) groups is 1. The number of amides is 1. The largest absolute Gasteiger partial charge is 0.352 e. The van der Waals surface area contributed by atoms with Gasteiger partial charge in [-0.25, -0.2) is 13.8 Å². The van der Waals surface area contributed by atoms with Crippen molar-refractivity contribution < 1.29 is 13.6 Å². The fourth-order valence-electron chi connectivity index (χ4n) is 3.01. The Kier molecular flexibility index (Phi) is 4.09. The number of halogens is 2. The molecule has 0 spiro atoms. The van der Waals surface area contributed by atoms with Crippen molar-refractivity contribution in [1.82, 2.24) is 14.9 Å². The van der Waals surface area contributed by atoms with Crippen LogP contribution in [0.15, 0.2) is 18.5 Å². The first-order chi connectivity index (χ1) is 10.5. The molecule has 1 aromatic heterocycles. The normalized spacial score (nSPS) is 22.0. The van der Waals surface area contributed by atoms with Crippen molar-refractivity contribution >= 4 is 16.9 Å². The SMILES string of the molecule is CC1CCC(NC(=O)Cn2cnc3cc(F)c(F)cc32)CC1. The van der Waals surface area contributed by atoms with Gasteiger partial charge in [0, 0.05) is 18.2 Å². The lowest BCUT2D eigenvalue weighted by Gasteiger charge is -2.26. The van der Waals surface area contributed by atoms with Gasteiger partial charge in [0.2, 0.25) is 5.91 Å². The Bertz CT molecular complexity index is 690. The molecule has 0 radical (unpaired) electrons. The predicted molar refractivity (Wildman–Crippen MR) is 79.2 cm³/mol. The molecule has 118 valence electrons. The minimum Gasteiger partial charge on any atom is -0.352 e. The summed E-state index contributed by atoms with van der Waals surface area (Å²) in [6, 6.07) is 2.34. The van der Waals surface area contributed by atoms with E-state index in [2.05, 4.69) is 17.2 Å². The maximum absolute atomic E-state index is 13.3. The summed E-state index contributed by atoms with van der Waals surface area (Å²) in [6.45, 7) is 2.29. The Morgan fingerprint density at radius 1 is 1.27 bits per heavy atom. The minimum absolute atomic E-state index is 0.0631. The molecule has 1 amide bonds. The van der Waals surface area contributed by atoms with Gasteiger partial charge in [-0.05, 0) is 31.6 Å². The van der Waals surface area contributed by atoms with E-state index >= 15 is 0 Å². The second kappa shape index (κ2) is 6.02. The number of aromatic nitrogens is 2. The first-order valence-electron chi connectivity index (χ1n) is 7.62. The lowest BCUT2D eigenvalue weighted by Crippen LogP contribution is -2.39. The molecule has 1 saturated carbocycles. The van der Waals surface area contributed by atoms with Gasteiger partial charge < -0.3 is 9.88 Å². The van der Waals surface area contributed by atoms with Crippen LogP contribution in [0.5, 0.6) is 0 Å². The van der Waals surface area contributed by atoms with Crippen molar-refractivity contribution in [3.63, 3.8) is 0 Å². The first-order valence-corrected chi connectivity index (χ1v) is 7.62. The lowest BCUT2D eigenvalue weighted by atomic mass is 9.87. The Hall–Kier alpha value is -1.98. The molecule has 1 aromatic carbocycles. The van der Waals surface area contributed by atoms with E-state index in [4.69, 9.17) is 0 Å². The molecule has 1 fully saturated rings. The molecule has 0 aliphatic heterocycles. The highest BCUT2D eigenvalue weighted by molar-refractivity contribution is 5.80. The maximum atomic E-state index is 13.3. The number of hydrogen-bond donors (Lipinski definition) is 1. The summed E-state index contributed by atoms with van der Waals surface area (Å²) < 4.78 is 28.0. The number of benzene rings is 1. The molecule has 0 bridgehead atoms. The van der Waals surface area contributed by atoms with Crippen LogP contribution in [-0.2, 0) is 11.3 Å². The molecule has 0 atom stereocenters. The molecular weight excluding hydrogens is 288 g/mol. The molecule has 3 rings (SSSR count). The smallest absolute Gasteiger partial charge is 0.240 e. The molecular formula is C16H19F2N3O. The zero-order chi connectivity index (χ0) is 15.7. The summed E-state index contributed by atoms with van der Waals surface area (Å²) in [5.74, 6) is -1.26. The van der Waals surface area contributed by atoms with Gasteiger partial charge in [0.15, 0.2) is 11.6 Å². The molecule has 0 unspecified atom stereocenters. The fraction of sp³-hybridized carbons (Fsp3) is 0.500. The molecule has 4 nitrogen and oxygen atoms in total. The standard InChI is InChI=1S/C16H19F2N3O/c1-10-2-4-11(5-3-10)20-16(22)8-21-9-19-14-6-12(17)13(18)7-15(14)21/h6-7,9-11H,2-5,8H2,1H3,(H,20,22). The summed E-state index contributed by atoms with van der Waals surface area (Å²) in [6.07, 6.45) is 5.69. The van der Waals surface area contributed by atoms with Gasteiger partial charge in [0.05, 0.1) is 17.4 Å². The average molecular weight is 307 g/mol. The molecule has 1 N–H and O–H groups in total.